The van der Waals surface area contributed by atoms with Gasteiger partial charge in [-0.1, -0.05) is 127 Å². The molecule has 0 bridgehead atoms. The molecule has 1 aliphatic carbocycles. The zero-order valence-corrected chi connectivity index (χ0v) is 27.0. The number of aryl methyl sites for hydroxylation is 1. The summed E-state index contributed by atoms with van der Waals surface area (Å²) in [6, 6.07) is 49.9. The van der Waals surface area contributed by atoms with E-state index >= 15 is 0 Å². The number of rotatable bonds is 5. The molecule has 0 fully saturated rings. The fourth-order valence-corrected chi connectivity index (χ4v) is 7.23. The van der Waals surface area contributed by atoms with Crippen molar-refractivity contribution >= 4 is 38.5 Å². The molecule has 10 rings (SSSR count). The molecule has 0 aliphatic heterocycles. The van der Waals surface area contributed by atoms with Crippen LogP contribution in [-0.2, 0) is 6.42 Å². The standard InChI is InChI=1S/C45H29N3O2/c1-3-11-28(12-4-1)29-21-23-31(24-22-29)44-46-43(30-13-5-2-6-14-30)47-45(48-44)35-17-10-20-40-42(35)41-33(16-9-19-39(41)50-40)32-25-26-38-36(27-32)34-15-7-8-18-37(34)49-38/h1-9,11-19,21-27H,10,20H2. The minimum atomic E-state index is 0.631. The monoisotopic (exact) mass is 643 g/mol. The predicted molar refractivity (Wildman–Crippen MR) is 200 cm³/mol. The number of para-hydroxylation sites is 1. The fraction of sp³-hybridized carbons (Fsp3) is 0.0444. The van der Waals surface area contributed by atoms with E-state index in [4.69, 9.17) is 23.8 Å². The maximum absolute atomic E-state index is 6.60. The molecule has 50 heavy (non-hydrogen) atoms. The molecule has 236 valence electrons. The third-order valence-electron chi connectivity index (χ3n) is 9.62. The van der Waals surface area contributed by atoms with Crippen LogP contribution in [0.4, 0.5) is 0 Å². The molecule has 3 aromatic heterocycles. The quantitative estimate of drug-likeness (QED) is 0.187. The number of aromatic nitrogens is 3. The van der Waals surface area contributed by atoms with Crippen LogP contribution < -0.4 is 0 Å². The van der Waals surface area contributed by atoms with Gasteiger partial charge in [0, 0.05) is 44.8 Å². The van der Waals surface area contributed by atoms with E-state index in [0.29, 0.717) is 17.5 Å². The molecule has 0 saturated heterocycles. The lowest BCUT2D eigenvalue weighted by atomic mass is 9.89. The summed E-state index contributed by atoms with van der Waals surface area (Å²) in [7, 11) is 0. The Hall–Kier alpha value is -6.59. The van der Waals surface area contributed by atoms with E-state index in [-0.39, 0.29) is 0 Å². The highest BCUT2D eigenvalue weighted by atomic mass is 16.3. The zero-order valence-electron chi connectivity index (χ0n) is 27.0. The highest BCUT2D eigenvalue weighted by Gasteiger charge is 2.27. The molecular weight excluding hydrogens is 615 g/mol. The molecule has 5 heteroatoms. The van der Waals surface area contributed by atoms with Crippen molar-refractivity contribution in [2.75, 3.05) is 0 Å². The maximum Gasteiger partial charge on any atom is 0.164 e. The Morgan fingerprint density at radius 1 is 0.440 bits per heavy atom. The molecule has 3 heterocycles. The largest absolute Gasteiger partial charge is 0.460 e. The van der Waals surface area contributed by atoms with Crippen molar-refractivity contribution in [3.05, 3.63) is 169 Å². The van der Waals surface area contributed by atoms with Gasteiger partial charge in [-0.25, -0.2) is 15.0 Å². The second-order valence-electron chi connectivity index (χ2n) is 12.7. The van der Waals surface area contributed by atoms with Gasteiger partial charge in [-0.05, 0) is 52.9 Å². The molecule has 1 aliphatic rings. The zero-order chi connectivity index (χ0) is 33.0. The van der Waals surface area contributed by atoms with Crippen molar-refractivity contribution in [2.45, 2.75) is 12.8 Å². The summed E-state index contributed by atoms with van der Waals surface area (Å²) in [4.78, 5) is 15.3. The molecule has 9 aromatic rings. The molecule has 0 saturated carbocycles. The molecule has 0 amide bonds. The van der Waals surface area contributed by atoms with Gasteiger partial charge >= 0.3 is 0 Å². The third-order valence-corrected chi connectivity index (χ3v) is 9.62. The predicted octanol–water partition coefficient (Wildman–Crippen LogP) is 11.6. The lowest BCUT2D eigenvalue weighted by Gasteiger charge is -2.15. The van der Waals surface area contributed by atoms with E-state index in [9.17, 15) is 0 Å². The van der Waals surface area contributed by atoms with Gasteiger partial charge in [0.05, 0.1) is 0 Å². The number of fused-ring (bicyclic) bond motifs is 6. The number of allylic oxidation sites excluding steroid dienone is 1. The van der Waals surface area contributed by atoms with Crippen molar-refractivity contribution in [1.29, 1.82) is 0 Å². The summed E-state index contributed by atoms with van der Waals surface area (Å²) in [6.45, 7) is 0. The van der Waals surface area contributed by atoms with E-state index < -0.39 is 0 Å². The molecule has 0 spiro atoms. The van der Waals surface area contributed by atoms with Gasteiger partial charge in [0.1, 0.15) is 22.5 Å². The summed E-state index contributed by atoms with van der Waals surface area (Å²) < 4.78 is 12.8. The summed E-state index contributed by atoms with van der Waals surface area (Å²) in [5.74, 6) is 2.86. The van der Waals surface area contributed by atoms with Gasteiger partial charge < -0.3 is 8.83 Å². The highest BCUT2D eigenvalue weighted by molar-refractivity contribution is 6.09. The Bertz CT molecular complexity index is 2740. The van der Waals surface area contributed by atoms with Crippen molar-refractivity contribution < 1.29 is 8.83 Å². The van der Waals surface area contributed by atoms with Gasteiger partial charge in [-0.2, -0.15) is 0 Å². The summed E-state index contributed by atoms with van der Waals surface area (Å²) in [6.07, 6.45) is 3.90. The van der Waals surface area contributed by atoms with Crippen LogP contribution >= 0.6 is 0 Å². The van der Waals surface area contributed by atoms with E-state index in [1.807, 2.05) is 48.5 Å². The van der Waals surface area contributed by atoms with Gasteiger partial charge in [-0.15, -0.1) is 0 Å². The van der Waals surface area contributed by atoms with Crippen LogP contribution in [0, 0.1) is 0 Å². The SMILES string of the molecule is C1=C(c2nc(-c3ccccc3)nc(-c3ccc(-c4ccccc4)cc3)n2)c2c(oc3cccc(-c4ccc5oc6ccccc6c5c4)c23)CC1. The molecule has 5 nitrogen and oxygen atoms in total. The average Bonchev–Trinajstić information content (AvgIpc) is 3.77. The Balaban J connectivity index is 1.14. The number of furan rings is 2. The third kappa shape index (κ3) is 4.74. The molecule has 0 radical (unpaired) electrons. The first-order valence-corrected chi connectivity index (χ1v) is 16.9. The van der Waals surface area contributed by atoms with Gasteiger partial charge in [0.2, 0.25) is 0 Å². The first-order valence-electron chi connectivity index (χ1n) is 16.9. The number of hydrogen-bond donors (Lipinski definition) is 0. The van der Waals surface area contributed by atoms with Crippen LogP contribution in [0.25, 0.3) is 83.5 Å². The number of hydrogen-bond acceptors (Lipinski definition) is 5. The van der Waals surface area contributed by atoms with Gasteiger partial charge in [0.25, 0.3) is 0 Å². The van der Waals surface area contributed by atoms with Crippen LogP contribution in [0.15, 0.2) is 161 Å². The van der Waals surface area contributed by atoms with Crippen LogP contribution in [0.3, 0.4) is 0 Å². The van der Waals surface area contributed by atoms with Crippen LogP contribution in [0.1, 0.15) is 23.6 Å². The maximum atomic E-state index is 6.60. The topological polar surface area (TPSA) is 65.0 Å². The number of benzene rings is 6. The minimum Gasteiger partial charge on any atom is -0.460 e. The first-order chi connectivity index (χ1) is 24.8. The second-order valence-corrected chi connectivity index (χ2v) is 12.7. The normalized spacial score (nSPS) is 12.8. The number of nitrogens with zero attached hydrogens (tertiary/aromatic N) is 3. The van der Waals surface area contributed by atoms with Crippen LogP contribution in [-0.4, -0.2) is 15.0 Å². The van der Waals surface area contributed by atoms with Crippen LogP contribution in [0.5, 0.6) is 0 Å². The Morgan fingerprint density at radius 3 is 1.84 bits per heavy atom. The highest BCUT2D eigenvalue weighted by Crippen LogP contribution is 2.44. The smallest absolute Gasteiger partial charge is 0.164 e. The summed E-state index contributed by atoms with van der Waals surface area (Å²) in [5, 5.41) is 3.27. The van der Waals surface area contributed by atoms with Gasteiger partial charge in [-0.3, -0.25) is 0 Å². The first kappa shape index (κ1) is 28.4. The fourth-order valence-electron chi connectivity index (χ4n) is 7.23. The second kappa shape index (κ2) is 11.5. The summed E-state index contributed by atoms with van der Waals surface area (Å²) >= 11 is 0. The molecule has 6 aromatic carbocycles. The lowest BCUT2D eigenvalue weighted by Crippen LogP contribution is -2.06. The van der Waals surface area contributed by atoms with E-state index in [0.717, 1.165) is 90.5 Å². The van der Waals surface area contributed by atoms with Crippen molar-refractivity contribution in [1.82, 2.24) is 15.0 Å². The van der Waals surface area contributed by atoms with E-state index in [1.54, 1.807) is 0 Å². The van der Waals surface area contributed by atoms with Crippen LogP contribution in [0.2, 0.25) is 0 Å². The average molecular weight is 644 g/mol. The van der Waals surface area contributed by atoms with E-state index in [1.165, 1.54) is 5.56 Å². The Morgan fingerprint density at radius 2 is 1.04 bits per heavy atom. The molecule has 0 atom stereocenters. The minimum absolute atomic E-state index is 0.631. The molecule has 0 unspecified atom stereocenters. The van der Waals surface area contributed by atoms with Crippen molar-refractivity contribution in [3.8, 4) is 45.0 Å². The van der Waals surface area contributed by atoms with Gasteiger partial charge in [0.15, 0.2) is 17.5 Å². The molecular formula is C45H29N3O2. The molecule has 0 N–H and O–H groups in total. The Kier molecular flexibility index (Phi) is 6.56. The van der Waals surface area contributed by atoms with E-state index in [2.05, 4.69) is 103 Å². The van der Waals surface area contributed by atoms with Crippen molar-refractivity contribution in [3.63, 3.8) is 0 Å². The van der Waals surface area contributed by atoms with Crippen molar-refractivity contribution in [2.24, 2.45) is 0 Å². The lowest BCUT2D eigenvalue weighted by molar-refractivity contribution is 0.545. The Labute approximate surface area is 288 Å². The summed E-state index contributed by atoms with van der Waals surface area (Å²) in [5.41, 5.74) is 11.0.